The van der Waals surface area contributed by atoms with E-state index in [0.29, 0.717) is 6.04 Å². The fourth-order valence-corrected chi connectivity index (χ4v) is 4.12. The molecule has 3 nitrogen and oxygen atoms in total. The number of nitrogens with zero attached hydrogens (tertiary/aromatic N) is 1. The Morgan fingerprint density at radius 3 is 2.90 bits per heavy atom. The Morgan fingerprint density at radius 1 is 1.25 bits per heavy atom. The monoisotopic (exact) mass is 277 g/mol. The highest BCUT2D eigenvalue weighted by Gasteiger charge is 2.30. The molecule has 2 fully saturated rings. The van der Waals surface area contributed by atoms with E-state index in [1.165, 1.54) is 64.6 Å². The van der Waals surface area contributed by atoms with Crippen LogP contribution in [0.5, 0.6) is 0 Å². The zero-order chi connectivity index (χ0) is 13.8. The van der Waals surface area contributed by atoms with Crippen molar-refractivity contribution in [3.63, 3.8) is 0 Å². The quantitative estimate of drug-likeness (QED) is 0.757. The molecule has 3 heteroatoms. The molecule has 2 aliphatic heterocycles. The van der Waals surface area contributed by atoms with Crippen LogP contribution in [0.25, 0.3) is 0 Å². The Hall–Kier alpha value is -0.380. The highest BCUT2D eigenvalue weighted by atomic mass is 15.5. The number of allylic oxidation sites excluding steroid dienone is 1. The molecule has 0 saturated carbocycles. The van der Waals surface area contributed by atoms with E-state index in [0.717, 1.165) is 17.9 Å². The molecule has 2 saturated heterocycles. The summed E-state index contributed by atoms with van der Waals surface area (Å²) in [6.45, 7) is 6.02. The van der Waals surface area contributed by atoms with Crippen molar-refractivity contribution in [3.8, 4) is 0 Å². The van der Waals surface area contributed by atoms with Crippen molar-refractivity contribution in [2.24, 2.45) is 11.8 Å². The van der Waals surface area contributed by atoms with Gasteiger partial charge in [-0.1, -0.05) is 25.5 Å². The molecule has 0 radical (unpaired) electrons. The molecule has 1 aliphatic carbocycles. The molecular formula is C17H31N3. The van der Waals surface area contributed by atoms with E-state index < -0.39 is 0 Å². The first-order valence-electron chi connectivity index (χ1n) is 8.76. The lowest BCUT2D eigenvalue weighted by Gasteiger charge is -2.40. The molecule has 2 heterocycles. The molecule has 0 bridgehead atoms. The predicted octanol–water partition coefficient (Wildman–Crippen LogP) is 2.70. The van der Waals surface area contributed by atoms with Gasteiger partial charge in [0.25, 0.3) is 0 Å². The standard InChI is InChI=1S/C17H31N3/c1-2-5-16-12-15(8-9-18-16)14-6-3-7-17(13-14)19-20-10-4-11-20/h3,7,14-19H,2,4-6,8-13H2,1H3. The summed E-state index contributed by atoms with van der Waals surface area (Å²) in [5.41, 5.74) is 3.69. The normalized spacial score (nSPS) is 38.6. The van der Waals surface area contributed by atoms with Gasteiger partial charge in [-0.3, -0.25) is 0 Å². The average Bonchev–Trinajstić information content (AvgIpc) is 2.44. The smallest absolute Gasteiger partial charge is 0.0398 e. The Morgan fingerprint density at radius 2 is 2.15 bits per heavy atom. The van der Waals surface area contributed by atoms with Crippen molar-refractivity contribution in [3.05, 3.63) is 12.2 Å². The highest BCUT2D eigenvalue weighted by Crippen LogP contribution is 2.34. The Balaban J connectivity index is 1.50. The van der Waals surface area contributed by atoms with Crippen LogP contribution in [0.4, 0.5) is 0 Å². The summed E-state index contributed by atoms with van der Waals surface area (Å²) in [7, 11) is 0. The summed E-state index contributed by atoms with van der Waals surface area (Å²) in [5.74, 6) is 1.85. The van der Waals surface area contributed by atoms with Crippen LogP contribution in [-0.2, 0) is 0 Å². The first-order chi connectivity index (χ1) is 9.85. The van der Waals surface area contributed by atoms with Gasteiger partial charge in [0.15, 0.2) is 0 Å². The Bertz CT molecular complexity index is 322. The summed E-state index contributed by atoms with van der Waals surface area (Å²) in [6, 6.07) is 1.38. The fraction of sp³-hybridized carbons (Fsp3) is 0.882. The van der Waals surface area contributed by atoms with Gasteiger partial charge in [0.1, 0.15) is 0 Å². The number of nitrogens with one attached hydrogen (secondary N) is 2. The van der Waals surface area contributed by atoms with Crippen molar-refractivity contribution < 1.29 is 0 Å². The molecule has 4 unspecified atom stereocenters. The summed E-state index contributed by atoms with van der Waals surface area (Å²) < 4.78 is 0. The minimum Gasteiger partial charge on any atom is -0.314 e. The van der Waals surface area contributed by atoms with Crippen LogP contribution >= 0.6 is 0 Å². The Kier molecular flexibility index (Phi) is 5.14. The molecular weight excluding hydrogens is 246 g/mol. The Labute approximate surface area is 124 Å². The largest absolute Gasteiger partial charge is 0.314 e. The van der Waals surface area contributed by atoms with Crippen LogP contribution in [0.1, 0.15) is 51.9 Å². The maximum atomic E-state index is 3.71. The van der Waals surface area contributed by atoms with Gasteiger partial charge in [-0.15, -0.1) is 0 Å². The third-order valence-electron chi connectivity index (χ3n) is 5.41. The van der Waals surface area contributed by atoms with E-state index in [-0.39, 0.29) is 0 Å². The molecule has 0 aromatic carbocycles. The summed E-state index contributed by atoms with van der Waals surface area (Å²) in [4.78, 5) is 0. The van der Waals surface area contributed by atoms with Gasteiger partial charge in [0, 0.05) is 25.2 Å². The highest BCUT2D eigenvalue weighted by molar-refractivity contribution is 5.02. The number of hydrazine groups is 1. The van der Waals surface area contributed by atoms with Gasteiger partial charge in [0.05, 0.1) is 0 Å². The fourth-order valence-electron chi connectivity index (χ4n) is 4.12. The second-order valence-corrected chi connectivity index (χ2v) is 6.96. The van der Waals surface area contributed by atoms with Crippen LogP contribution in [0.15, 0.2) is 12.2 Å². The van der Waals surface area contributed by atoms with Crippen LogP contribution in [-0.4, -0.2) is 36.7 Å². The molecule has 0 aromatic rings. The van der Waals surface area contributed by atoms with E-state index >= 15 is 0 Å². The molecule has 0 amide bonds. The first-order valence-corrected chi connectivity index (χ1v) is 8.76. The van der Waals surface area contributed by atoms with Gasteiger partial charge in [-0.2, -0.15) is 0 Å². The maximum Gasteiger partial charge on any atom is 0.0398 e. The van der Waals surface area contributed by atoms with Crippen molar-refractivity contribution in [2.75, 3.05) is 19.6 Å². The van der Waals surface area contributed by atoms with Crippen LogP contribution in [0, 0.1) is 11.8 Å². The molecule has 0 spiro atoms. The predicted molar refractivity (Wildman–Crippen MR) is 84.4 cm³/mol. The average molecular weight is 277 g/mol. The lowest BCUT2D eigenvalue weighted by atomic mass is 9.75. The maximum absolute atomic E-state index is 3.71. The van der Waals surface area contributed by atoms with Gasteiger partial charge < -0.3 is 5.32 Å². The molecule has 2 N–H and O–H groups in total. The molecule has 20 heavy (non-hydrogen) atoms. The zero-order valence-electron chi connectivity index (χ0n) is 13.0. The van der Waals surface area contributed by atoms with Crippen LogP contribution in [0.2, 0.25) is 0 Å². The third kappa shape index (κ3) is 3.63. The summed E-state index contributed by atoms with van der Waals surface area (Å²) in [6.07, 6.45) is 14.3. The van der Waals surface area contributed by atoms with Gasteiger partial charge >= 0.3 is 0 Å². The van der Waals surface area contributed by atoms with E-state index in [4.69, 9.17) is 0 Å². The van der Waals surface area contributed by atoms with E-state index in [9.17, 15) is 0 Å². The molecule has 0 aromatic heterocycles. The zero-order valence-corrected chi connectivity index (χ0v) is 13.0. The number of hydrogen-bond acceptors (Lipinski definition) is 3. The second-order valence-electron chi connectivity index (χ2n) is 6.96. The molecule has 3 rings (SSSR count). The van der Waals surface area contributed by atoms with Crippen LogP contribution in [0.3, 0.4) is 0 Å². The molecule has 4 atom stereocenters. The van der Waals surface area contributed by atoms with E-state index in [2.05, 4.69) is 34.8 Å². The molecule has 114 valence electrons. The lowest BCUT2D eigenvalue weighted by molar-refractivity contribution is 0.0808. The number of rotatable bonds is 5. The number of piperidine rings is 1. The summed E-state index contributed by atoms with van der Waals surface area (Å²) in [5, 5.41) is 6.10. The SMILES string of the molecule is CCCC1CC(C2CC=CC(NN3CCC3)C2)CCN1. The van der Waals surface area contributed by atoms with Crippen molar-refractivity contribution in [1.82, 2.24) is 15.8 Å². The van der Waals surface area contributed by atoms with Gasteiger partial charge in [-0.25, -0.2) is 10.4 Å². The topological polar surface area (TPSA) is 27.3 Å². The van der Waals surface area contributed by atoms with Crippen molar-refractivity contribution in [1.29, 1.82) is 0 Å². The van der Waals surface area contributed by atoms with Gasteiger partial charge in [-0.05, 0) is 56.9 Å². The minimum atomic E-state index is 0.591. The van der Waals surface area contributed by atoms with E-state index in [1.54, 1.807) is 0 Å². The third-order valence-corrected chi connectivity index (χ3v) is 5.41. The van der Waals surface area contributed by atoms with Crippen molar-refractivity contribution in [2.45, 2.75) is 64.0 Å². The van der Waals surface area contributed by atoms with Crippen LogP contribution < -0.4 is 10.7 Å². The number of hydrogen-bond donors (Lipinski definition) is 2. The summed E-state index contributed by atoms with van der Waals surface area (Å²) >= 11 is 0. The van der Waals surface area contributed by atoms with E-state index in [1.807, 2.05) is 0 Å². The van der Waals surface area contributed by atoms with Gasteiger partial charge in [0.2, 0.25) is 0 Å². The lowest BCUT2D eigenvalue weighted by Crippen LogP contribution is -2.52. The minimum absolute atomic E-state index is 0.591. The second kappa shape index (κ2) is 7.06. The first kappa shape index (κ1) is 14.6. The van der Waals surface area contributed by atoms with Crippen molar-refractivity contribution >= 4 is 0 Å². The molecule has 3 aliphatic rings.